The van der Waals surface area contributed by atoms with Crippen LogP contribution >= 0.6 is 11.6 Å². The van der Waals surface area contributed by atoms with Gasteiger partial charge in [0.2, 0.25) is 5.91 Å². The predicted molar refractivity (Wildman–Crippen MR) is 113 cm³/mol. The van der Waals surface area contributed by atoms with Crippen molar-refractivity contribution in [1.29, 1.82) is 0 Å². The fourth-order valence-corrected chi connectivity index (χ4v) is 2.73. The van der Waals surface area contributed by atoms with Crippen LogP contribution in [0.3, 0.4) is 0 Å². The van der Waals surface area contributed by atoms with Crippen LogP contribution in [0.2, 0.25) is 5.02 Å². The summed E-state index contributed by atoms with van der Waals surface area (Å²) in [6.07, 6.45) is 0.702. The highest BCUT2D eigenvalue weighted by Crippen LogP contribution is 2.22. The Morgan fingerprint density at radius 1 is 1.07 bits per heavy atom. The fraction of sp³-hybridized carbons (Fsp3) is 0.286. The van der Waals surface area contributed by atoms with Crippen LogP contribution in [0, 0.1) is 0 Å². The minimum atomic E-state index is -0.243. The third-order valence-electron chi connectivity index (χ3n) is 4.11. The van der Waals surface area contributed by atoms with E-state index in [-0.39, 0.29) is 24.1 Å². The second-order valence-corrected chi connectivity index (χ2v) is 6.94. The number of carbonyl (C=O) groups is 3. The number of benzene rings is 2. The fourth-order valence-electron chi connectivity index (χ4n) is 2.53. The number of rotatable bonds is 8. The zero-order chi connectivity index (χ0) is 21.4. The van der Waals surface area contributed by atoms with Gasteiger partial charge in [0.15, 0.2) is 0 Å². The summed E-state index contributed by atoms with van der Waals surface area (Å²) in [6, 6.07) is 11.5. The number of halogens is 1. The van der Waals surface area contributed by atoms with Crippen molar-refractivity contribution in [2.24, 2.45) is 0 Å². The lowest BCUT2D eigenvalue weighted by Crippen LogP contribution is -2.25. The first kappa shape index (κ1) is 22.2. The van der Waals surface area contributed by atoms with Crippen molar-refractivity contribution in [2.45, 2.75) is 12.8 Å². The van der Waals surface area contributed by atoms with Crippen molar-refractivity contribution >= 4 is 35.0 Å². The van der Waals surface area contributed by atoms with E-state index >= 15 is 0 Å². The molecule has 0 saturated carbocycles. The number of methoxy groups -OCH3 is 1. The third kappa shape index (κ3) is 6.50. The first-order chi connectivity index (χ1) is 13.8. The topological polar surface area (TPSA) is 87.7 Å². The van der Waals surface area contributed by atoms with E-state index in [9.17, 15) is 14.4 Å². The molecule has 0 aliphatic carbocycles. The number of carbonyl (C=O) groups excluding carboxylic acids is 3. The number of anilines is 1. The van der Waals surface area contributed by atoms with E-state index < -0.39 is 0 Å². The Labute approximate surface area is 175 Å². The van der Waals surface area contributed by atoms with Crippen LogP contribution in [0.5, 0.6) is 5.75 Å². The van der Waals surface area contributed by atoms with E-state index in [1.165, 1.54) is 4.90 Å². The SMILES string of the molecule is COc1ccc(C(=O)NCCCC(=O)Nc2ccc(Cl)c(C(=O)N(C)C)c2)cc1. The molecule has 2 aromatic carbocycles. The molecule has 0 unspecified atom stereocenters. The van der Waals surface area contributed by atoms with Gasteiger partial charge in [0.05, 0.1) is 17.7 Å². The van der Waals surface area contributed by atoms with Crippen LogP contribution < -0.4 is 15.4 Å². The molecular weight excluding hydrogens is 394 g/mol. The molecule has 0 fully saturated rings. The Balaban J connectivity index is 1.80. The van der Waals surface area contributed by atoms with Crippen LogP contribution in [-0.2, 0) is 4.79 Å². The summed E-state index contributed by atoms with van der Waals surface area (Å²) in [6.45, 7) is 0.364. The molecular formula is C21H24ClN3O4. The molecule has 0 heterocycles. The smallest absolute Gasteiger partial charge is 0.254 e. The molecule has 0 atom stereocenters. The summed E-state index contributed by atoms with van der Waals surface area (Å²) in [7, 11) is 4.82. The van der Waals surface area contributed by atoms with Gasteiger partial charge >= 0.3 is 0 Å². The quantitative estimate of drug-likeness (QED) is 0.645. The normalized spacial score (nSPS) is 10.2. The number of nitrogens with one attached hydrogen (secondary N) is 2. The highest BCUT2D eigenvalue weighted by Gasteiger charge is 2.14. The molecule has 7 nitrogen and oxygen atoms in total. The number of hydrogen-bond donors (Lipinski definition) is 2. The largest absolute Gasteiger partial charge is 0.497 e. The van der Waals surface area contributed by atoms with Gasteiger partial charge in [0, 0.05) is 38.3 Å². The van der Waals surface area contributed by atoms with Gasteiger partial charge in [-0.3, -0.25) is 14.4 Å². The summed E-state index contributed by atoms with van der Waals surface area (Å²) in [5.41, 5.74) is 1.34. The molecule has 2 rings (SSSR count). The molecule has 2 aromatic rings. The van der Waals surface area contributed by atoms with E-state index in [2.05, 4.69) is 10.6 Å². The zero-order valence-electron chi connectivity index (χ0n) is 16.6. The van der Waals surface area contributed by atoms with E-state index in [0.29, 0.717) is 40.6 Å². The lowest BCUT2D eigenvalue weighted by atomic mass is 10.1. The van der Waals surface area contributed by atoms with Gasteiger partial charge < -0.3 is 20.3 Å². The van der Waals surface area contributed by atoms with Crippen molar-refractivity contribution in [3.8, 4) is 5.75 Å². The predicted octanol–water partition coefficient (Wildman–Crippen LogP) is 3.20. The minimum absolute atomic E-state index is 0.211. The van der Waals surface area contributed by atoms with Crippen LogP contribution in [0.1, 0.15) is 33.6 Å². The summed E-state index contributed by atoms with van der Waals surface area (Å²) in [4.78, 5) is 37.7. The number of amides is 3. The average Bonchev–Trinajstić information content (AvgIpc) is 2.71. The van der Waals surface area contributed by atoms with E-state index in [0.717, 1.165) is 0 Å². The third-order valence-corrected chi connectivity index (χ3v) is 4.43. The Kier molecular flexibility index (Phi) is 8.03. The van der Waals surface area contributed by atoms with Crippen molar-refractivity contribution < 1.29 is 19.1 Å². The first-order valence-corrected chi connectivity index (χ1v) is 9.43. The van der Waals surface area contributed by atoms with E-state index in [4.69, 9.17) is 16.3 Å². The highest BCUT2D eigenvalue weighted by molar-refractivity contribution is 6.34. The molecule has 0 radical (unpaired) electrons. The number of ether oxygens (including phenoxy) is 1. The highest BCUT2D eigenvalue weighted by atomic mass is 35.5. The van der Waals surface area contributed by atoms with E-state index in [1.807, 2.05) is 0 Å². The maximum Gasteiger partial charge on any atom is 0.254 e. The molecule has 0 saturated heterocycles. The Hall–Kier alpha value is -3.06. The lowest BCUT2D eigenvalue weighted by molar-refractivity contribution is -0.116. The summed E-state index contributed by atoms with van der Waals surface area (Å²) in [5, 5.41) is 5.84. The molecule has 0 spiro atoms. The standard InChI is InChI=1S/C21H24ClN3O4/c1-25(2)21(28)17-13-15(8-11-18(17)22)24-19(26)5-4-12-23-20(27)14-6-9-16(29-3)10-7-14/h6-11,13H,4-5,12H2,1-3H3,(H,23,27)(H,24,26). The lowest BCUT2D eigenvalue weighted by Gasteiger charge is -2.13. The molecule has 29 heavy (non-hydrogen) atoms. The number of hydrogen-bond acceptors (Lipinski definition) is 4. The average molecular weight is 418 g/mol. The van der Waals surface area contributed by atoms with Crippen molar-refractivity contribution in [1.82, 2.24) is 10.2 Å². The molecule has 0 aliphatic rings. The van der Waals surface area contributed by atoms with Gasteiger partial charge in [0.25, 0.3) is 11.8 Å². The maximum atomic E-state index is 12.1. The molecule has 8 heteroatoms. The molecule has 0 bridgehead atoms. The minimum Gasteiger partial charge on any atom is -0.497 e. The zero-order valence-corrected chi connectivity index (χ0v) is 17.4. The van der Waals surface area contributed by atoms with Crippen LogP contribution in [0.25, 0.3) is 0 Å². The van der Waals surface area contributed by atoms with Gasteiger partial charge in [-0.1, -0.05) is 11.6 Å². The van der Waals surface area contributed by atoms with Gasteiger partial charge in [0.1, 0.15) is 5.75 Å². The van der Waals surface area contributed by atoms with Crippen LogP contribution in [-0.4, -0.2) is 50.4 Å². The molecule has 0 aliphatic heterocycles. The first-order valence-electron chi connectivity index (χ1n) is 9.05. The molecule has 2 N–H and O–H groups in total. The second kappa shape index (κ2) is 10.5. The van der Waals surface area contributed by atoms with Gasteiger partial charge in [-0.15, -0.1) is 0 Å². The van der Waals surface area contributed by atoms with Crippen LogP contribution in [0.4, 0.5) is 5.69 Å². The summed E-state index contributed by atoms with van der Waals surface area (Å²) < 4.78 is 5.06. The summed E-state index contributed by atoms with van der Waals surface area (Å²) >= 11 is 6.06. The monoisotopic (exact) mass is 417 g/mol. The molecule has 154 valence electrons. The molecule has 3 amide bonds. The Bertz CT molecular complexity index is 882. The number of nitrogens with zero attached hydrogens (tertiary/aromatic N) is 1. The van der Waals surface area contributed by atoms with E-state index in [1.54, 1.807) is 63.7 Å². The van der Waals surface area contributed by atoms with Crippen molar-refractivity contribution in [3.05, 3.63) is 58.6 Å². The van der Waals surface area contributed by atoms with Gasteiger partial charge in [-0.25, -0.2) is 0 Å². The Morgan fingerprint density at radius 3 is 2.38 bits per heavy atom. The van der Waals surface area contributed by atoms with Crippen molar-refractivity contribution in [2.75, 3.05) is 33.1 Å². The van der Waals surface area contributed by atoms with Gasteiger partial charge in [-0.2, -0.15) is 0 Å². The van der Waals surface area contributed by atoms with Gasteiger partial charge in [-0.05, 0) is 48.9 Å². The Morgan fingerprint density at radius 2 is 1.76 bits per heavy atom. The second-order valence-electron chi connectivity index (χ2n) is 6.53. The summed E-state index contributed by atoms with van der Waals surface area (Å²) in [5.74, 6) is 0.00933. The van der Waals surface area contributed by atoms with Crippen molar-refractivity contribution in [3.63, 3.8) is 0 Å². The maximum absolute atomic E-state index is 12.1. The van der Waals surface area contributed by atoms with Crippen LogP contribution in [0.15, 0.2) is 42.5 Å². The molecule has 0 aromatic heterocycles.